The summed E-state index contributed by atoms with van der Waals surface area (Å²) in [6.07, 6.45) is 2.58. The van der Waals surface area contributed by atoms with Crippen LogP contribution in [0.4, 0.5) is 4.79 Å². The lowest BCUT2D eigenvalue weighted by Crippen LogP contribution is -2.46. The number of carbonyl (C=O) groups excluding carboxylic acids is 1. The first-order valence-corrected chi connectivity index (χ1v) is 6.87. The molecule has 2 atom stereocenters. The molecule has 1 amide bonds. The number of rotatable bonds is 2. The van der Waals surface area contributed by atoms with Crippen LogP contribution in [0.25, 0.3) is 0 Å². The second kappa shape index (κ2) is 6.20. The molecule has 2 N–H and O–H groups in total. The predicted octanol–water partition coefficient (Wildman–Crippen LogP) is 2.84. The molecule has 0 aromatic heterocycles. The fourth-order valence-electron chi connectivity index (χ4n) is 2.09. The van der Waals surface area contributed by atoms with Gasteiger partial charge < -0.3 is 15.2 Å². The Morgan fingerprint density at radius 2 is 2.06 bits per heavy atom. The van der Waals surface area contributed by atoms with Crippen molar-refractivity contribution in [3.8, 4) is 5.75 Å². The van der Waals surface area contributed by atoms with Crippen LogP contribution < -0.4 is 10.1 Å². The molecule has 0 spiro atoms. The highest BCUT2D eigenvalue weighted by Gasteiger charge is 2.25. The van der Waals surface area contributed by atoms with Crippen LogP contribution in [-0.4, -0.2) is 23.3 Å². The van der Waals surface area contributed by atoms with Crippen LogP contribution in [0.5, 0.6) is 5.75 Å². The molecule has 0 radical (unpaired) electrons. The molecule has 1 fully saturated rings. The van der Waals surface area contributed by atoms with E-state index in [4.69, 9.17) is 4.74 Å². The van der Waals surface area contributed by atoms with Crippen LogP contribution in [0.3, 0.4) is 0 Å². The van der Waals surface area contributed by atoms with Gasteiger partial charge in [0.2, 0.25) is 0 Å². The molecular formula is C13H16BrNO3. The number of hydrogen-bond donors (Lipinski definition) is 2. The van der Waals surface area contributed by atoms with Crippen molar-refractivity contribution in [2.45, 2.75) is 37.8 Å². The van der Waals surface area contributed by atoms with Gasteiger partial charge in [-0.05, 0) is 40.9 Å². The maximum absolute atomic E-state index is 11.7. The molecule has 0 bridgehead atoms. The summed E-state index contributed by atoms with van der Waals surface area (Å²) < 4.78 is 5.91. The Labute approximate surface area is 114 Å². The number of carbonyl (C=O) groups is 1. The van der Waals surface area contributed by atoms with Crippen LogP contribution in [-0.2, 0) is 0 Å². The lowest BCUT2D eigenvalue weighted by Gasteiger charge is -2.27. The van der Waals surface area contributed by atoms with Crippen molar-refractivity contribution < 1.29 is 14.6 Å². The highest BCUT2D eigenvalue weighted by molar-refractivity contribution is 9.10. The third kappa shape index (κ3) is 3.46. The van der Waals surface area contributed by atoms with Crippen molar-refractivity contribution >= 4 is 22.0 Å². The Morgan fingerprint density at radius 1 is 1.33 bits per heavy atom. The minimum absolute atomic E-state index is 0.200. The summed E-state index contributed by atoms with van der Waals surface area (Å²) in [7, 11) is 0. The molecule has 1 aliphatic carbocycles. The van der Waals surface area contributed by atoms with Gasteiger partial charge >= 0.3 is 6.09 Å². The van der Waals surface area contributed by atoms with Gasteiger partial charge in [0.15, 0.2) is 0 Å². The standard InChI is InChI=1S/C13H16BrNO3/c14-9-5-1-4-8-12(9)18-13(17)15-10-6-2-3-7-11(10)16/h1,4-5,8,10-11,16H,2-3,6-7H2,(H,15,17)/t10-,11?/m1/s1. The first kappa shape index (κ1) is 13.4. The molecule has 1 aromatic carbocycles. The quantitative estimate of drug-likeness (QED) is 0.882. The predicted molar refractivity (Wildman–Crippen MR) is 71.6 cm³/mol. The first-order valence-electron chi connectivity index (χ1n) is 6.08. The summed E-state index contributed by atoms with van der Waals surface area (Å²) in [6.45, 7) is 0. The van der Waals surface area contributed by atoms with Crippen molar-refractivity contribution in [1.82, 2.24) is 5.32 Å². The Morgan fingerprint density at radius 3 is 2.78 bits per heavy atom. The van der Waals surface area contributed by atoms with Gasteiger partial charge in [-0.25, -0.2) is 4.79 Å². The van der Waals surface area contributed by atoms with Crippen LogP contribution in [0.1, 0.15) is 25.7 Å². The normalized spacial score (nSPS) is 23.4. The number of hydrogen-bond acceptors (Lipinski definition) is 3. The summed E-state index contributed by atoms with van der Waals surface area (Å²) in [5.74, 6) is 0.472. The van der Waals surface area contributed by atoms with Crippen LogP contribution >= 0.6 is 15.9 Å². The van der Waals surface area contributed by atoms with E-state index in [0.29, 0.717) is 5.75 Å². The monoisotopic (exact) mass is 313 g/mol. The van der Waals surface area contributed by atoms with E-state index in [9.17, 15) is 9.90 Å². The van der Waals surface area contributed by atoms with Crippen molar-refractivity contribution in [3.63, 3.8) is 0 Å². The number of halogens is 1. The molecule has 1 saturated carbocycles. The molecule has 18 heavy (non-hydrogen) atoms. The van der Waals surface area contributed by atoms with Gasteiger partial charge in [0.25, 0.3) is 0 Å². The van der Waals surface area contributed by atoms with E-state index in [1.54, 1.807) is 18.2 Å². The maximum Gasteiger partial charge on any atom is 0.412 e. The second-order valence-corrected chi connectivity index (χ2v) is 5.28. The van der Waals surface area contributed by atoms with Gasteiger partial charge in [-0.15, -0.1) is 0 Å². The molecule has 4 nitrogen and oxygen atoms in total. The van der Waals surface area contributed by atoms with E-state index in [1.165, 1.54) is 0 Å². The van der Waals surface area contributed by atoms with Gasteiger partial charge in [0.1, 0.15) is 5.75 Å². The molecule has 2 rings (SSSR count). The molecule has 0 aliphatic heterocycles. The van der Waals surface area contributed by atoms with Crippen molar-refractivity contribution in [3.05, 3.63) is 28.7 Å². The number of amides is 1. The van der Waals surface area contributed by atoms with Crippen molar-refractivity contribution in [1.29, 1.82) is 0 Å². The molecule has 5 heteroatoms. The van der Waals surface area contributed by atoms with E-state index < -0.39 is 12.2 Å². The van der Waals surface area contributed by atoms with E-state index in [1.807, 2.05) is 6.07 Å². The van der Waals surface area contributed by atoms with Crippen LogP contribution in [0.15, 0.2) is 28.7 Å². The van der Waals surface area contributed by atoms with Crippen LogP contribution in [0, 0.1) is 0 Å². The fraction of sp³-hybridized carbons (Fsp3) is 0.462. The van der Waals surface area contributed by atoms with Crippen molar-refractivity contribution in [2.75, 3.05) is 0 Å². The second-order valence-electron chi connectivity index (χ2n) is 4.42. The van der Waals surface area contributed by atoms with E-state index in [2.05, 4.69) is 21.2 Å². The molecule has 1 unspecified atom stereocenters. The Kier molecular flexibility index (Phi) is 4.60. The minimum Gasteiger partial charge on any atom is -0.409 e. The highest BCUT2D eigenvalue weighted by Crippen LogP contribution is 2.24. The first-order chi connectivity index (χ1) is 8.66. The minimum atomic E-state index is -0.521. The van der Waals surface area contributed by atoms with Crippen molar-refractivity contribution in [2.24, 2.45) is 0 Å². The fourth-order valence-corrected chi connectivity index (χ4v) is 2.45. The van der Waals surface area contributed by atoms with Gasteiger partial charge in [0.05, 0.1) is 16.6 Å². The molecule has 1 aromatic rings. The summed E-state index contributed by atoms with van der Waals surface area (Å²) in [6, 6.07) is 6.95. The molecular weight excluding hydrogens is 298 g/mol. The van der Waals surface area contributed by atoms with Crippen LogP contribution in [0.2, 0.25) is 0 Å². The molecule has 1 aliphatic rings. The SMILES string of the molecule is O=C(N[C@@H]1CCCCC1O)Oc1ccccc1Br. The summed E-state index contributed by atoms with van der Waals surface area (Å²) in [5.41, 5.74) is 0. The van der Waals surface area contributed by atoms with Gasteiger partial charge in [-0.1, -0.05) is 25.0 Å². The number of benzene rings is 1. The van der Waals surface area contributed by atoms with Gasteiger partial charge in [-0.2, -0.15) is 0 Å². The van der Waals surface area contributed by atoms with E-state index >= 15 is 0 Å². The zero-order chi connectivity index (χ0) is 13.0. The number of para-hydroxylation sites is 1. The maximum atomic E-state index is 11.7. The lowest BCUT2D eigenvalue weighted by atomic mass is 9.93. The lowest BCUT2D eigenvalue weighted by molar-refractivity contribution is 0.0892. The third-order valence-electron chi connectivity index (χ3n) is 3.07. The molecule has 0 saturated heterocycles. The molecule has 0 heterocycles. The number of aliphatic hydroxyl groups excluding tert-OH is 1. The summed E-state index contributed by atoms with van der Waals surface area (Å²) in [4.78, 5) is 11.7. The Bertz CT molecular complexity index is 424. The smallest absolute Gasteiger partial charge is 0.409 e. The van der Waals surface area contributed by atoms with Gasteiger partial charge in [0, 0.05) is 0 Å². The van der Waals surface area contributed by atoms with E-state index in [-0.39, 0.29) is 6.04 Å². The highest BCUT2D eigenvalue weighted by atomic mass is 79.9. The average Bonchev–Trinajstić information content (AvgIpc) is 2.35. The van der Waals surface area contributed by atoms with Gasteiger partial charge in [-0.3, -0.25) is 0 Å². The Balaban J connectivity index is 1.90. The summed E-state index contributed by atoms with van der Waals surface area (Å²) >= 11 is 3.31. The largest absolute Gasteiger partial charge is 0.412 e. The number of ether oxygens (including phenoxy) is 1. The zero-order valence-corrected chi connectivity index (χ0v) is 11.5. The number of aliphatic hydroxyl groups is 1. The Hall–Kier alpha value is -1.07. The third-order valence-corrected chi connectivity index (χ3v) is 3.73. The molecule has 98 valence electrons. The summed E-state index contributed by atoms with van der Waals surface area (Å²) in [5, 5.41) is 12.5. The zero-order valence-electron chi connectivity index (χ0n) is 9.93. The topological polar surface area (TPSA) is 58.6 Å². The average molecular weight is 314 g/mol. The number of nitrogens with one attached hydrogen (secondary N) is 1. The van der Waals surface area contributed by atoms with E-state index in [0.717, 1.165) is 30.2 Å².